The molecule has 8 aromatic rings. The zero-order valence-electron chi connectivity index (χ0n) is 31.4. The lowest BCUT2D eigenvalue weighted by Gasteiger charge is -2.07. The molecule has 0 unspecified atom stereocenters. The molecule has 59 heavy (non-hydrogen) atoms. The Bertz CT molecular complexity index is 2900. The summed E-state index contributed by atoms with van der Waals surface area (Å²) in [7, 11) is 0. The molecule has 0 atom stereocenters. The molecule has 0 saturated heterocycles. The normalized spacial score (nSPS) is 11.2. The van der Waals surface area contributed by atoms with E-state index in [0.29, 0.717) is 17.5 Å². The van der Waals surface area contributed by atoms with Crippen molar-refractivity contribution in [3.05, 3.63) is 209 Å². The first kappa shape index (κ1) is 39.4. The quantitative estimate of drug-likeness (QED) is 0.108. The molecule has 0 radical (unpaired) electrons. The Balaban J connectivity index is 0.000000179. The lowest BCUT2D eigenvalue weighted by atomic mass is 9.97. The Labute approximate surface area is 338 Å². The van der Waals surface area contributed by atoms with Crippen molar-refractivity contribution < 1.29 is 38.8 Å². The second-order valence-electron chi connectivity index (χ2n) is 13.8. The van der Waals surface area contributed by atoms with Gasteiger partial charge in [0.05, 0.1) is 11.1 Å². The van der Waals surface area contributed by atoms with Gasteiger partial charge >= 0.3 is 11.9 Å². The van der Waals surface area contributed by atoms with Gasteiger partial charge < -0.3 is 20.4 Å². The van der Waals surface area contributed by atoms with E-state index in [1.807, 2.05) is 60.7 Å². The van der Waals surface area contributed by atoms with Crippen LogP contribution in [0.15, 0.2) is 164 Å². The fourth-order valence-electron chi connectivity index (χ4n) is 6.80. The van der Waals surface area contributed by atoms with Crippen molar-refractivity contribution in [2.75, 3.05) is 0 Å². The van der Waals surface area contributed by atoms with Crippen molar-refractivity contribution in [2.24, 2.45) is 0 Å². The number of phenols is 2. The molecule has 0 aliphatic heterocycles. The van der Waals surface area contributed by atoms with Gasteiger partial charge in [-0.25, -0.2) is 18.4 Å². The van der Waals surface area contributed by atoms with Crippen LogP contribution in [0.2, 0.25) is 0 Å². The largest absolute Gasteiger partial charge is 0.508 e. The molecular formula is C51H36F2O6. The minimum absolute atomic E-state index is 0.169. The molecule has 0 fully saturated rings. The fourth-order valence-corrected chi connectivity index (χ4v) is 6.80. The van der Waals surface area contributed by atoms with Crippen molar-refractivity contribution in [1.82, 2.24) is 0 Å². The summed E-state index contributed by atoms with van der Waals surface area (Å²) in [4.78, 5) is 23.3. The lowest BCUT2D eigenvalue weighted by molar-refractivity contribution is 0.0686. The SMILES string of the molecule is O=C(O)c1ccc(-c2ccc(F)cc2)cc1C=CCc1ccc2cccc(O)c2c1.O=C(O)c1ccc(-c2ccc(F)cc2)cc1C=Cc1cccc2ccc(O)cc12. The molecule has 0 aromatic heterocycles. The molecular weight excluding hydrogens is 747 g/mol. The lowest BCUT2D eigenvalue weighted by Crippen LogP contribution is -1.99. The zero-order chi connectivity index (χ0) is 41.5. The van der Waals surface area contributed by atoms with Crippen LogP contribution in [-0.2, 0) is 6.42 Å². The Morgan fingerprint density at radius 1 is 0.475 bits per heavy atom. The van der Waals surface area contributed by atoms with Gasteiger partial charge in [0, 0.05) is 5.39 Å². The number of hydrogen-bond donors (Lipinski definition) is 4. The van der Waals surface area contributed by atoms with E-state index in [4.69, 9.17) is 0 Å². The van der Waals surface area contributed by atoms with Gasteiger partial charge in [-0.3, -0.25) is 0 Å². The van der Waals surface area contributed by atoms with E-state index in [9.17, 15) is 38.8 Å². The number of aromatic hydroxyl groups is 2. The van der Waals surface area contributed by atoms with Gasteiger partial charge in [0.1, 0.15) is 23.1 Å². The van der Waals surface area contributed by atoms with E-state index < -0.39 is 11.9 Å². The van der Waals surface area contributed by atoms with Crippen LogP contribution in [0.3, 0.4) is 0 Å². The zero-order valence-corrected chi connectivity index (χ0v) is 31.4. The second kappa shape index (κ2) is 17.5. The third kappa shape index (κ3) is 9.42. The first-order valence-corrected chi connectivity index (χ1v) is 18.6. The monoisotopic (exact) mass is 782 g/mol. The minimum Gasteiger partial charge on any atom is -0.508 e. The van der Waals surface area contributed by atoms with Gasteiger partial charge in [-0.1, -0.05) is 109 Å². The summed E-state index contributed by atoms with van der Waals surface area (Å²) in [5.41, 5.74) is 6.59. The number of rotatable bonds is 9. The van der Waals surface area contributed by atoms with Gasteiger partial charge in [0.25, 0.3) is 0 Å². The van der Waals surface area contributed by atoms with E-state index in [2.05, 4.69) is 0 Å². The summed E-state index contributed by atoms with van der Waals surface area (Å²) in [6.07, 6.45) is 7.85. The highest BCUT2D eigenvalue weighted by atomic mass is 19.1. The van der Waals surface area contributed by atoms with Crippen LogP contribution in [0.1, 0.15) is 43.0 Å². The topological polar surface area (TPSA) is 115 Å². The van der Waals surface area contributed by atoms with Crippen LogP contribution in [0, 0.1) is 11.6 Å². The second-order valence-corrected chi connectivity index (χ2v) is 13.8. The Kier molecular flexibility index (Phi) is 11.7. The van der Waals surface area contributed by atoms with Crippen molar-refractivity contribution in [2.45, 2.75) is 6.42 Å². The summed E-state index contributed by atoms with van der Waals surface area (Å²) >= 11 is 0. The Hall–Kier alpha value is -7.84. The van der Waals surface area contributed by atoms with E-state index in [0.717, 1.165) is 54.9 Å². The number of carboxylic acids is 2. The number of benzene rings is 8. The van der Waals surface area contributed by atoms with E-state index in [1.54, 1.807) is 97.1 Å². The molecule has 8 heteroatoms. The summed E-state index contributed by atoms with van der Waals surface area (Å²) in [5.74, 6) is -2.26. The summed E-state index contributed by atoms with van der Waals surface area (Å²) in [5, 5.41) is 42.5. The number of phenolic OH excluding ortho intramolecular Hbond substituents is 2. The van der Waals surface area contributed by atoms with Crippen molar-refractivity contribution in [3.8, 4) is 33.8 Å². The van der Waals surface area contributed by atoms with Crippen LogP contribution < -0.4 is 0 Å². The number of aromatic carboxylic acids is 2. The smallest absolute Gasteiger partial charge is 0.336 e. The maximum absolute atomic E-state index is 13.2. The minimum atomic E-state index is -1.02. The van der Waals surface area contributed by atoms with Gasteiger partial charge in [-0.2, -0.15) is 0 Å². The van der Waals surface area contributed by atoms with Crippen LogP contribution in [-0.4, -0.2) is 32.4 Å². The molecule has 0 saturated carbocycles. The van der Waals surface area contributed by atoms with E-state index >= 15 is 0 Å². The highest BCUT2D eigenvalue weighted by molar-refractivity contribution is 5.98. The maximum atomic E-state index is 13.2. The van der Waals surface area contributed by atoms with E-state index in [1.165, 1.54) is 24.3 Å². The van der Waals surface area contributed by atoms with Crippen LogP contribution >= 0.6 is 0 Å². The molecule has 0 aliphatic carbocycles. The average Bonchev–Trinajstić information content (AvgIpc) is 3.23. The molecule has 4 N–H and O–H groups in total. The predicted octanol–water partition coefficient (Wildman–Crippen LogP) is 12.5. The van der Waals surface area contributed by atoms with Crippen LogP contribution in [0.4, 0.5) is 8.78 Å². The molecule has 290 valence electrons. The summed E-state index contributed by atoms with van der Waals surface area (Å²) < 4.78 is 26.4. The number of allylic oxidation sites excluding steroid dienone is 1. The molecule has 6 nitrogen and oxygen atoms in total. The first-order chi connectivity index (χ1) is 28.5. The average molecular weight is 783 g/mol. The molecule has 0 aliphatic rings. The highest BCUT2D eigenvalue weighted by Gasteiger charge is 2.12. The van der Waals surface area contributed by atoms with Gasteiger partial charge in [0.2, 0.25) is 0 Å². The predicted molar refractivity (Wildman–Crippen MR) is 230 cm³/mol. The Morgan fingerprint density at radius 2 is 0.983 bits per heavy atom. The van der Waals surface area contributed by atoms with Crippen molar-refractivity contribution in [1.29, 1.82) is 0 Å². The molecule has 0 bridgehead atoms. The molecule has 0 spiro atoms. The highest BCUT2D eigenvalue weighted by Crippen LogP contribution is 2.29. The standard InChI is InChI=1S/C26H19FO3.C25H17FO3/c27-22-12-9-18(10-13-22)20-11-14-23(26(29)30)21(16-20)5-1-3-17-7-8-19-4-2-6-25(28)24(19)15-17;26-21-10-6-16(7-11-21)19-9-13-23(25(28)29)20(14-19)5-4-17-2-1-3-18-8-12-22(27)15-24(17)18/h1-2,4-16,28H,3H2,(H,29,30);1-15,27H,(H,28,29). The number of hydrogen-bond acceptors (Lipinski definition) is 4. The summed E-state index contributed by atoms with van der Waals surface area (Å²) in [6, 6.07) is 44.5. The van der Waals surface area contributed by atoms with Gasteiger partial charge in [0.15, 0.2) is 0 Å². The van der Waals surface area contributed by atoms with Crippen LogP contribution in [0.25, 0.3) is 62.0 Å². The maximum Gasteiger partial charge on any atom is 0.336 e. The Morgan fingerprint density at radius 3 is 1.58 bits per heavy atom. The van der Waals surface area contributed by atoms with Crippen LogP contribution in [0.5, 0.6) is 11.5 Å². The fraction of sp³-hybridized carbons (Fsp3) is 0.0196. The molecule has 0 amide bonds. The third-order valence-corrected chi connectivity index (χ3v) is 9.84. The van der Waals surface area contributed by atoms with Crippen molar-refractivity contribution in [3.63, 3.8) is 0 Å². The first-order valence-electron chi connectivity index (χ1n) is 18.6. The third-order valence-electron chi connectivity index (χ3n) is 9.84. The number of carboxylic acid groups (broad SMARTS) is 2. The molecule has 8 rings (SSSR count). The number of carbonyl (C=O) groups is 2. The molecule has 0 heterocycles. The number of fused-ring (bicyclic) bond motifs is 2. The number of halogens is 2. The molecule has 8 aromatic carbocycles. The van der Waals surface area contributed by atoms with Gasteiger partial charge in [-0.05, 0) is 140 Å². The van der Waals surface area contributed by atoms with Gasteiger partial charge in [-0.15, -0.1) is 0 Å². The van der Waals surface area contributed by atoms with Crippen molar-refractivity contribution >= 4 is 51.7 Å². The van der Waals surface area contributed by atoms with E-state index in [-0.39, 0.29) is 34.3 Å². The summed E-state index contributed by atoms with van der Waals surface area (Å²) in [6.45, 7) is 0.